The number of hydrogen-bond donors (Lipinski definition) is 1. The number of nitrogens with one attached hydrogen (secondary N) is 1. The Morgan fingerprint density at radius 1 is 1.00 bits per heavy atom. The first kappa shape index (κ1) is 21.3. The highest BCUT2D eigenvalue weighted by molar-refractivity contribution is 5.66. The summed E-state index contributed by atoms with van der Waals surface area (Å²) in [6, 6.07) is 11.2. The minimum absolute atomic E-state index is 0.156. The van der Waals surface area contributed by atoms with Gasteiger partial charge in [0, 0.05) is 29.0 Å². The number of hydrogen-bond acceptors (Lipinski definition) is 4. The lowest BCUT2D eigenvalue weighted by molar-refractivity contribution is 0.464. The first-order chi connectivity index (χ1) is 14.6. The van der Waals surface area contributed by atoms with Gasteiger partial charge in [-0.1, -0.05) is 29.8 Å². The number of halogens is 1. The Morgan fingerprint density at radius 2 is 1.65 bits per heavy atom. The lowest BCUT2D eigenvalue weighted by Crippen LogP contribution is -2.45. The SMILES string of the molecule is Cc1cc(C)c(Nc2nc(C)c3c(n2)N(C(C)(C)Cc2ccc(F)cc2)CC3)c(C)c1. The number of fused-ring (bicyclic) bond motifs is 1. The molecule has 1 N–H and O–H groups in total. The molecule has 4 nitrogen and oxygen atoms in total. The van der Waals surface area contributed by atoms with Gasteiger partial charge in [0.25, 0.3) is 0 Å². The van der Waals surface area contributed by atoms with Crippen LogP contribution in [-0.4, -0.2) is 22.1 Å². The molecule has 0 saturated heterocycles. The Kier molecular flexibility index (Phi) is 5.46. The van der Waals surface area contributed by atoms with Crippen molar-refractivity contribution in [2.45, 2.75) is 59.9 Å². The molecule has 5 heteroatoms. The number of benzene rings is 2. The predicted molar refractivity (Wildman–Crippen MR) is 126 cm³/mol. The number of rotatable bonds is 5. The highest BCUT2D eigenvalue weighted by Crippen LogP contribution is 2.36. The van der Waals surface area contributed by atoms with Gasteiger partial charge in [-0.25, -0.2) is 9.37 Å². The Hall–Kier alpha value is -2.95. The van der Waals surface area contributed by atoms with Crippen LogP contribution in [-0.2, 0) is 12.8 Å². The van der Waals surface area contributed by atoms with E-state index in [4.69, 9.17) is 9.97 Å². The van der Waals surface area contributed by atoms with Crippen LogP contribution >= 0.6 is 0 Å². The Bertz CT molecular complexity index is 1100. The summed E-state index contributed by atoms with van der Waals surface area (Å²) in [7, 11) is 0. The monoisotopic (exact) mass is 418 g/mol. The third kappa shape index (κ3) is 4.27. The molecule has 1 aromatic heterocycles. The van der Waals surface area contributed by atoms with Crippen LogP contribution in [0.4, 0.5) is 21.8 Å². The molecule has 0 amide bonds. The number of aromatic nitrogens is 2. The van der Waals surface area contributed by atoms with Crippen LogP contribution in [0.25, 0.3) is 0 Å². The van der Waals surface area contributed by atoms with Crippen molar-refractivity contribution in [3.05, 3.63) is 75.7 Å². The van der Waals surface area contributed by atoms with Crippen molar-refractivity contribution in [3.63, 3.8) is 0 Å². The molecular weight excluding hydrogens is 387 g/mol. The van der Waals surface area contributed by atoms with Crippen LogP contribution in [0.1, 0.15) is 47.4 Å². The van der Waals surface area contributed by atoms with Crippen molar-refractivity contribution in [3.8, 4) is 0 Å². The van der Waals surface area contributed by atoms with E-state index in [1.165, 1.54) is 34.4 Å². The molecule has 2 heterocycles. The van der Waals surface area contributed by atoms with E-state index in [2.05, 4.69) is 63.9 Å². The van der Waals surface area contributed by atoms with Crippen LogP contribution < -0.4 is 10.2 Å². The molecule has 0 bridgehead atoms. The second kappa shape index (κ2) is 7.95. The first-order valence-electron chi connectivity index (χ1n) is 10.9. The van der Waals surface area contributed by atoms with Crippen molar-refractivity contribution in [1.82, 2.24) is 9.97 Å². The molecule has 4 rings (SSSR count). The Labute approximate surface area is 184 Å². The van der Waals surface area contributed by atoms with Crippen molar-refractivity contribution in [1.29, 1.82) is 0 Å². The highest BCUT2D eigenvalue weighted by Gasteiger charge is 2.35. The van der Waals surface area contributed by atoms with Gasteiger partial charge >= 0.3 is 0 Å². The maximum atomic E-state index is 13.3. The number of anilines is 3. The summed E-state index contributed by atoms with van der Waals surface area (Å²) in [5.74, 6) is 1.44. The molecule has 0 spiro atoms. The van der Waals surface area contributed by atoms with Gasteiger partial charge in [-0.2, -0.15) is 4.98 Å². The molecule has 0 atom stereocenters. The van der Waals surface area contributed by atoms with Gasteiger partial charge in [-0.15, -0.1) is 0 Å². The second-order valence-electron chi connectivity index (χ2n) is 9.35. The van der Waals surface area contributed by atoms with Crippen molar-refractivity contribution >= 4 is 17.5 Å². The van der Waals surface area contributed by atoms with Crippen LogP contribution in [0.2, 0.25) is 0 Å². The molecule has 3 aromatic rings. The van der Waals surface area contributed by atoms with E-state index in [0.717, 1.165) is 42.1 Å². The van der Waals surface area contributed by atoms with Gasteiger partial charge in [0.05, 0.1) is 0 Å². The summed E-state index contributed by atoms with van der Waals surface area (Å²) in [5, 5.41) is 3.48. The molecule has 31 heavy (non-hydrogen) atoms. The first-order valence-corrected chi connectivity index (χ1v) is 10.9. The van der Waals surface area contributed by atoms with Crippen molar-refractivity contribution < 1.29 is 4.39 Å². The standard InChI is InChI=1S/C26H31FN4/c1-16-13-17(2)23(18(3)14-16)29-25-28-19(4)22-11-12-31(24(22)30-25)26(5,6)15-20-7-9-21(27)10-8-20/h7-10,13-14H,11-12,15H2,1-6H3,(H,28,29,30). The Balaban J connectivity index is 1.65. The molecule has 0 unspecified atom stereocenters. The fraction of sp³-hybridized carbons (Fsp3) is 0.385. The largest absolute Gasteiger partial charge is 0.350 e. The maximum absolute atomic E-state index is 13.3. The second-order valence-corrected chi connectivity index (χ2v) is 9.35. The van der Waals surface area contributed by atoms with Gasteiger partial charge in [0.1, 0.15) is 11.6 Å². The van der Waals surface area contributed by atoms with Crippen molar-refractivity contribution in [2.24, 2.45) is 0 Å². The van der Waals surface area contributed by atoms with Gasteiger partial charge in [0.15, 0.2) is 0 Å². The van der Waals surface area contributed by atoms with Gasteiger partial charge < -0.3 is 10.2 Å². The highest BCUT2D eigenvalue weighted by atomic mass is 19.1. The molecule has 1 aliphatic rings. The zero-order valence-electron chi connectivity index (χ0n) is 19.3. The predicted octanol–water partition coefficient (Wildman–Crippen LogP) is 5.98. The molecule has 0 radical (unpaired) electrons. The number of aryl methyl sites for hydroxylation is 4. The third-order valence-electron chi connectivity index (χ3n) is 6.23. The van der Waals surface area contributed by atoms with E-state index in [-0.39, 0.29) is 11.4 Å². The lowest BCUT2D eigenvalue weighted by Gasteiger charge is -2.37. The van der Waals surface area contributed by atoms with E-state index >= 15 is 0 Å². The van der Waals surface area contributed by atoms with Crippen LogP contribution in [0.5, 0.6) is 0 Å². The summed E-state index contributed by atoms with van der Waals surface area (Å²) in [6.45, 7) is 13.8. The molecule has 162 valence electrons. The molecular formula is C26H31FN4. The molecule has 1 aliphatic heterocycles. The smallest absolute Gasteiger partial charge is 0.229 e. The minimum atomic E-state index is -0.200. The topological polar surface area (TPSA) is 41.1 Å². The van der Waals surface area contributed by atoms with E-state index in [1.807, 2.05) is 12.1 Å². The molecule has 2 aromatic carbocycles. The molecule has 0 aliphatic carbocycles. The summed E-state index contributed by atoms with van der Waals surface area (Å²) in [5.41, 5.74) is 7.90. The zero-order chi connectivity index (χ0) is 22.3. The van der Waals surface area contributed by atoms with Crippen LogP contribution in [0, 0.1) is 33.5 Å². The van der Waals surface area contributed by atoms with Crippen molar-refractivity contribution in [2.75, 3.05) is 16.8 Å². The lowest BCUT2D eigenvalue weighted by atomic mass is 9.93. The maximum Gasteiger partial charge on any atom is 0.229 e. The zero-order valence-corrected chi connectivity index (χ0v) is 19.3. The fourth-order valence-electron chi connectivity index (χ4n) is 4.76. The minimum Gasteiger partial charge on any atom is -0.350 e. The fourth-order valence-corrected chi connectivity index (χ4v) is 4.76. The van der Waals surface area contributed by atoms with Gasteiger partial charge in [0.2, 0.25) is 5.95 Å². The summed E-state index contributed by atoms with van der Waals surface area (Å²) in [4.78, 5) is 12.1. The summed E-state index contributed by atoms with van der Waals surface area (Å²) in [6.07, 6.45) is 1.76. The van der Waals surface area contributed by atoms with Crippen LogP contribution in [0.3, 0.4) is 0 Å². The summed E-state index contributed by atoms with van der Waals surface area (Å²) >= 11 is 0. The molecule has 0 saturated carbocycles. The van der Waals surface area contributed by atoms with E-state index in [0.29, 0.717) is 5.95 Å². The van der Waals surface area contributed by atoms with E-state index in [1.54, 1.807) is 0 Å². The average Bonchev–Trinajstić information content (AvgIpc) is 3.12. The molecule has 0 fully saturated rings. The average molecular weight is 419 g/mol. The Morgan fingerprint density at radius 3 is 2.29 bits per heavy atom. The quantitative estimate of drug-likeness (QED) is 0.554. The van der Waals surface area contributed by atoms with Gasteiger partial charge in [-0.05, 0) is 83.2 Å². The van der Waals surface area contributed by atoms with E-state index < -0.39 is 0 Å². The summed E-state index contributed by atoms with van der Waals surface area (Å²) < 4.78 is 13.3. The number of nitrogens with zero attached hydrogens (tertiary/aromatic N) is 3. The third-order valence-corrected chi connectivity index (χ3v) is 6.23. The van der Waals surface area contributed by atoms with E-state index in [9.17, 15) is 4.39 Å². The normalized spacial score (nSPS) is 13.5. The van der Waals surface area contributed by atoms with Gasteiger partial charge in [-0.3, -0.25) is 0 Å². The van der Waals surface area contributed by atoms with Crippen LogP contribution in [0.15, 0.2) is 36.4 Å².